The van der Waals surface area contributed by atoms with Crippen LogP contribution in [-0.2, 0) is 0 Å². The Bertz CT molecular complexity index is 1300. The fourth-order valence-electron chi connectivity index (χ4n) is 3.31. The molecule has 1 saturated carbocycles. The highest BCUT2D eigenvalue weighted by atomic mass is 35.5. The normalized spacial score (nSPS) is 13.2. The van der Waals surface area contributed by atoms with Crippen LogP contribution >= 0.6 is 23.4 Å². The van der Waals surface area contributed by atoms with E-state index in [4.69, 9.17) is 11.6 Å². The Kier molecular flexibility index (Phi) is 5.63. The lowest BCUT2D eigenvalue weighted by Crippen LogP contribution is -2.22. The average Bonchev–Trinajstić information content (AvgIpc) is 3.48. The molecule has 32 heavy (non-hydrogen) atoms. The van der Waals surface area contributed by atoms with E-state index in [-0.39, 0.29) is 5.95 Å². The Morgan fingerprint density at radius 2 is 1.97 bits per heavy atom. The number of amides is 2. The molecule has 1 aliphatic rings. The van der Waals surface area contributed by atoms with Crippen LogP contribution in [0, 0.1) is 6.92 Å². The second kappa shape index (κ2) is 8.72. The number of fused-ring (bicyclic) bond motifs is 1. The SMILES string of the molecule is Cc1cc(Cl)ccc1NC(=O)Nc1nc(NC2CC2)cc(Sc2c[nH]c3ccccc23)n1. The predicted molar refractivity (Wildman–Crippen MR) is 130 cm³/mol. The molecule has 2 aromatic heterocycles. The number of anilines is 3. The summed E-state index contributed by atoms with van der Waals surface area (Å²) in [7, 11) is 0. The molecule has 0 unspecified atom stereocenters. The van der Waals surface area contributed by atoms with Crippen molar-refractivity contribution in [1.82, 2.24) is 15.0 Å². The number of urea groups is 1. The topological polar surface area (TPSA) is 94.7 Å². The third kappa shape index (κ3) is 4.81. The monoisotopic (exact) mass is 464 g/mol. The Hall–Kier alpha value is -3.23. The molecule has 1 fully saturated rings. The molecule has 0 bridgehead atoms. The molecule has 2 heterocycles. The molecule has 2 aromatic carbocycles. The summed E-state index contributed by atoms with van der Waals surface area (Å²) in [4.78, 5) is 26.0. The molecule has 0 aliphatic heterocycles. The fourth-order valence-corrected chi connectivity index (χ4v) is 4.47. The number of hydrogen-bond donors (Lipinski definition) is 4. The van der Waals surface area contributed by atoms with Gasteiger partial charge in [0.2, 0.25) is 5.95 Å². The second-order valence-corrected chi connectivity index (χ2v) is 9.17. The molecular formula is C23H21ClN6OS. The van der Waals surface area contributed by atoms with Gasteiger partial charge in [0.05, 0.1) is 0 Å². The average molecular weight is 465 g/mol. The van der Waals surface area contributed by atoms with Gasteiger partial charge in [-0.05, 0) is 49.6 Å². The molecule has 9 heteroatoms. The zero-order valence-electron chi connectivity index (χ0n) is 17.3. The van der Waals surface area contributed by atoms with Gasteiger partial charge in [-0.3, -0.25) is 5.32 Å². The highest BCUT2D eigenvalue weighted by Crippen LogP contribution is 2.34. The van der Waals surface area contributed by atoms with Crippen LogP contribution in [0.15, 0.2) is 64.6 Å². The van der Waals surface area contributed by atoms with E-state index < -0.39 is 6.03 Å². The standard InChI is InChI=1S/C23H21ClN6OS/c1-13-10-14(24)6-9-17(13)27-23(31)30-22-28-20(26-15-7-8-15)11-21(29-22)32-19-12-25-18-5-3-2-4-16(18)19/h2-6,9-12,15,25H,7-8H2,1H3,(H3,26,27,28,29,30,31). The van der Waals surface area contributed by atoms with E-state index in [0.717, 1.165) is 39.2 Å². The molecule has 162 valence electrons. The molecule has 0 saturated heterocycles. The van der Waals surface area contributed by atoms with Crippen molar-refractivity contribution >= 4 is 57.8 Å². The third-order valence-electron chi connectivity index (χ3n) is 5.06. The van der Waals surface area contributed by atoms with Gasteiger partial charge in [0.1, 0.15) is 10.8 Å². The summed E-state index contributed by atoms with van der Waals surface area (Å²) in [6.45, 7) is 1.88. The van der Waals surface area contributed by atoms with Crippen molar-refractivity contribution in [1.29, 1.82) is 0 Å². The van der Waals surface area contributed by atoms with Crippen molar-refractivity contribution in [2.45, 2.75) is 35.7 Å². The summed E-state index contributed by atoms with van der Waals surface area (Å²) in [5.74, 6) is 0.935. The quantitative estimate of drug-likeness (QED) is 0.251. The van der Waals surface area contributed by atoms with Gasteiger partial charge in [-0.2, -0.15) is 4.98 Å². The molecule has 4 aromatic rings. The minimum atomic E-state index is -0.415. The van der Waals surface area contributed by atoms with E-state index in [9.17, 15) is 4.79 Å². The number of benzene rings is 2. The van der Waals surface area contributed by atoms with E-state index in [2.05, 4.69) is 37.0 Å². The first kappa shape index (κ1) is 20.7. The highest BCUT2D eigenvalue weighted by Gasteiger charge is 2.22. The van der Waals surface area contributed by atoms with Crippen LogP contribution in [0.3, 0.4) is 0 Å². The van der Waals surface area contributed by atoms with Crippen LogP contribution in [0.4, 0.5) is 22.2 Å². The first-order valence-electron chi connectivity index (χ1n) is 10.3. The molecule has 5 rings (SSSR count). The molecule has 0 atom stereocenters. The highest BCUT2D eigenvalue weighted by molar-refractivity contribution is 7.99. The summed E-state index contributed by atoms with van der Waals surface area (Å²) < 4.78 is 0. The summed E-state index contributed by atoms with van der Waals surface area (Å²) in [5.41, 5.74) is 2.61. The molecule has 0 radical (unpaired) electrons. The Morgan fingerprint density at radius 3 is 2.78 bits per heavy atom. The first-order valence-corrected chi connectivity index (χ1v) is 11.5. The lowest BCUT2D eigenvalue weighted by molar-refractivity contribution is 0.262. The van der Waals surface area contributed by atoms with Crippen LogP contribution in [0.2, 0.25) is 5.02 Å². The van der Waals surface area contributed by atoms with E-state index >= 15 is 0 Å². The molecule has 1 aliphatic carbocycles. The summed E-state index contributed by atoms with van der Waals surface area (Å²) >= 11 is 7.53. The minimum absolute atomic E-state index is 0.238. The Labute approximate surface area is 194 Å². The second-order valence-electron chi connectivity index (χ2n) is 7.67. The Morgan fingerprint density at radius 1 is 1.12 bits per heavy atom. The summed E-state index contributed by atoms with van der Waals surface area (Å²) in [6, 6.07) is 15.3. The number of nitrogens with one attached hydrogen (secondary N) is 4. The van der Waals surface area contributed by atoms with Crippen molar-refractivity contribution in [3.05, 3.63) is 65.3 Å². The van der Waals surface area contributed by atoms with Crippen LogP contribution < -0.4 is 16.0 Å². The number of rotatable bonds is 6. The van der Waals surface area contributed by atoms with Crippen LogP contribution in [0.25, 0.3) is 10.9 Å². The Balaban J connectivity index is 1.38. The molecule has 2 amide bonds. The molecule has 0 spiro atoms. The van der Waals surface area contributed by atoms with Crippen molar-refractivity contribution in [2.75, 3.05) is 16.0 Å². The van der Waals surface area contributed by atoms with E-state index in [0.29, 0.717) is 22.6 Å². The molecular weight excluding hydrogens is 444 g/mol. The minimum Gasteiger partial charge on any atom is -0.367 e. The number of carbonyl (C=O) groups excluding carboxylic acids is 1. The van der Waals surface area contributed by atoms with E-state index in [1.165, 1.54) is 11.8 Å². The maximum atomic E-state index is 12.6. The van der Waals surface area contributed by atoms with Crippen LogP contribution in [-0.4, -0.2) is 27.0 Å². The zero-order chi connectivity index (χ0) is 22.1. The van der Waals surface area contributed by atoms with Crippen LogP contribution in [0.1, 0.15) is 18.4 Å². The van der Waals surface area contributed by atoms with E-state index in [1.807, 2.05) is 37.4 Å². The maximum Gasteiger partial charge on any atom is 0.326 e. The van der Waals surface area contributed by atoms with Gasteiger partial charge in [0.25, 0.3) is 0 Å². The zero-order valence-corrected chi connectivity index (χ0v) is 18.8. The largest absolute Gasteiger partial charge is 0.367 e. The van der Waals surface area contributed by atoms with Crippen molar-refractivity contribution in [2.24, 2.45) is 0 Å². The molecule has 7 nitrogen and oxygen atoms in total. The lowest BCUT2D eigenvalue weighted by Gasteiger charge is -2.12. The van der Waals surface area contributed by atoms with Gasteiger partial charge >= 0.3 is 6.03 Å². The maximum absolute atomic E-state index is 12.6. The van der Waals surface area contributed by atoms with E-state index in [1.54, 1.807) is 18.2 Å². The van der Waals surface area contributed by atoms with Gasteiger partial charge in [0.15, 0.2) is 0 Å². The number of aromatic nitrogens is 3. The predicted octanol–water partition coefficient (Wildman–Crippen LogP) is 6.29. The van der Waals surface area contributed by atoms with Gasteiger partial charge in [-0.15, -0.1) is 0 Å². The number of nitrogens with zero attached hydrogens (tertiary/aromatic N) is 2. The van der Waals surface area contributed by atoms with Gasteiger partial charge in [-0.25, -0.2) is 9.78 Å². The van der Waals surface area contributed by atoms with Gasteiger partial charge in [0, 0.05) is 44.8 Å². The van der Waals surface area contributed by atoms with Gasteiger partial charge < -0.3 is 15.6 Å². The fraction of sp³-hybridized carbons (Fsp3) is 0.174. The van der Waals surface area contributed by atoms with Crippen molar-refractivity contribution < 1.29 is 4.79 Å². The number of hydrogen-bond acceptors (Lipinski definition) is 5. The molecule has 4 N–H and O–H groups in total. The number of para-hydroxylation sites is 1. The van der Waals surface area contributed by atoms with Crippen molar-refractivity contribution in [3.63, 3.8) is 0 Å². The number of H-pyrrole nitrogens is 1. The smallest absolute Gasteiger partial charge is 0.326 e. The third-order valence-corrected chi connectivity index (χ3v) is 6.27. The summed E-state index contributed by atoms with van der Waals surface area (Å²) in [5, 5.41) is 11.5. The van der Waals surface area contributed by atoms with Crippen molar-refractivity contribution in [3.8, 4) is 0 Å². The number of carbonyl (C=O) groups is 1. The lowest BCUT2D eigenvalue weighted by atomic mass is 10.2. The van der Waals surface area contributed by atoms with Crippen LogP contribution in [0.5, 0.6) is 0 Å². The van der Waals surface area contributed by atoms with Gasteiger partial charge in [-0.1, -0.05) is 41.6 Å². The number of halogens is 1. The first-order chi connectivity index (χ1) is 15.5. The number of aryl methyl sites for hydroxylation is 1. The summed E-state index contributed by atoms with van der Waals surface area (Å²) in [6.07, 6.45) is 4.20. The number of aromatic amines is 1.